The second-order valence-electron chi connectivity index (χ2n) is 4.50. The van der Waals surface area contributed by atoms with Crippen LogP contribution >= 0.6 is 0 Å². The fourth-order valence-electron chi connectivity index (χ4n) is 2.51. The molecular formula is C15H15NO. The Hall–Kier alpha value is -1.64. The Bertz CT molecular complexity index is 563. The molecule has 0 radical (unpaired) electrons. The van der Waals surface area contributed by atoms with Gasteiger partial charge in [-0.1, -0.05) is 42.5 Å². The Morgan fingerprint density at radius 2 is 1.82 bits per heavy atom. The summed E-state index contributed by atoms with van der Waals surface area (Å²) in [5.74, 6) is 0. The zero-order valence-electron chi connectivity index (χ0n) is 9.56. The molecule has 86 valence electrons. The first-order chi connectivity index (χ1) is 8.29. The summed E-state index contributed by atoms with van der Waals surface area (Å²) in [7, 11) is 0. The predicted molar refractivity (Wildman–Crippen MR) is 68.7 cm³/mol. The predicted octanol–water partition coefficient (Wildman–Crippen LogP) is 2.25. The SMILES string of the molecule is NCC(O)c1ccc2c(c1)Cc1ccccc1-2. The van der Waals surface area contributed by atoms with Crippen LogP contribution in [-0.4, -0.2) is 11.7 Å². The number of benzene rings is 2. The van der Waals surface area contributed by atoms with Gasteiger partial charge in [-0.25, -0.2) is 0 Å². The summed E-state index contributed by atoms with van der Waals surface area (Å²) in [4.78, 5) is 0. The quantitative estimate of drug-likeness (QED) is 0.702. The zero-order chi connectivity index (χ0) is 11.8. The zero-order valence-corrected chi connectivity index (χ0v) is 9.56. The summed E-state index contributed by atoms with van der Waals surface area (Å²) in [6, 6.07) is 14.6. The van der Waals surface area contributed by atoms with Gasteiger partial charge in [-0.2, -0.15) is 0 Å². The van der Waals surface area contributed by atoms with Gasteiger partial charge in [0.2, 0.25) is 0 Å². The van der Waals surface area contributed by atoms with E-state index in [0.29, 0.717) is 0 Å². The van der Waals surface area contributed by atoms with Crippen LogP contribution in [0, 0.1) is 0 Å². The Morgan fingerprint density at radius 1 is 1.06 bits per heavy atom. The van der Waals surface area contributed by atoms with Crippen molar-refractivity contribution < 1.29 is 5.11 Å². The molecule has 2 nitrogen and oxygen atoms in total. The number of hydrogen-bond acceptors (Lipinski definition) is 2. The summed E-state index contributed by atoms with van der Waals surface area (Å²) in [5, 5.41) is 9.75. The highest BCUT2D eigenvalue weighted by atomic mass is 16.3. The summed E-state index contributed by atoms with van der Waals surface area (Å²) in [5.41, 5.74) is 11.7. The largest absolute Gasteiger partial charge is 0.387 e. The van der Waals surface area contributed by atoms with Crippen LogP contribution in [0.25, 0.3) is 11.1 Å². The maximum absolute atomic E-state index is 9.75. The van der Waals surface area contributed by atoms with Crippen LogP contribution in [0.4, 0.5) is 0 Å². The van der Waals surface area contributed by atoms with Crippen LogP contribution in [0.5, 0.6) is 0 Å². The standard InChI is InChI=1S/C15H15NO/c16-9-15(17)11-5-6-14-12(8-11)7-10-3-1-2-4-13(10)14/h1-6,8,15,17H,7,9,16H2. The van der Waals surface area contributed by atoms with E-state index in [1.54, 1.807) is 0 Å². The lowest BCUT2D eigenvalue weighted by molar-refractivity contribution is 0.186. The summed E-state index contributed by atoms with van der Waals surface area (Å²) in [6.45, 7) is 0.270. The minimum atomic E-state index is -0.552. The third-order valence-corrected chi connectivity index (χ3v) is 3.43. The number of rotatable bonds is 2. The molecule has 0 saturated heterocycles. The molecule has 1 unspecified atom stereocenters. The van der Waals surface area contributed by atoms with E-state index < -0.39 is 6.10 Å². The molecule has 2 aromatic carbocycles. The van der Waals surface area contributed by atoms with Gasteiger partial charge in [0.15, 0.2) is 0 Å². The second-order valence-corrected chi connectivity index (χ2v) is 4.50. The van der Waals surface area contributed by atoms with E-state index in [2.05, 4.69) is 36.4 Å². The first kappa shape index (κ1) is 10.5. The lowest BCUT2D eigenvalue weighted by atomic mass is 10.0. The number of nitrogens with two attached hydrogens (primary N) is 1. The number of fused-ring (bicyclic) bond motifs is 3. The highest BCUT2D eigenvalue weighted by Gasteiger charge is 2.18. The Kier molecular flexibility index (Phi) is 2.46. The van der Waals surface area contributed by atoms with Crippen molar-refractivity contribution in [3.63, 3.8) is 0 Å². The van der Waals surface area contributed by atoms with E-state index >= 15 is 0 Å². The molecule has 3 rings (SSSR count). The molecule has 0 aromatic heterocycles. The van der Waals surface area contributed by atoms with Gasteiger partial charge in [0.1, 0.15) is 0 Å². The Labute approximate surface area is 101 Å². The van der Waals surface area contributed by atoms with Gasteiger partial charge in [0, 0.05) is 6.54 Å². The molecular weight excluding hydrogens is 210 g/mol. The van der Waals surface area contributed by atoms with Crippen LogP contribution in [0.2, 0.25) is 0 Å². The monoisotopic (exact) mass is 225 g/mol. The van der Waals surface area contributed by atoms with E-state index in [1.165, 1.54) is 22.3 Å². The number of aliphatic hydroxyl groups is 1. The van der Waals surface area contributed by atoms with Crippen molar-refractivity contribution in [2.45, 2.75) is 12.5 Å². The lowest BCUT2D eigenvalue weighted by Crippen LogP contribution is -2.11. The van der Waals surface area contributed by atoms with Crippen molar-refractivity contribution in [2.24, 2.45) is 5.73 Å². The van der Waals surface area contributed by atoms with Gasteiger partial charge in [0.25, 0.3) is 0 Å². The van der Waals surface area contributed by atoms with Crippen molar-refractivity contribution in [3.05, 3.63) is 59.2 Å². The van der Waals surface area contributed by atoms with E-state index in [0.717, 1.165) is 12.0 Å². The van der Waals surface area contributed by atoms with Crippen LogP contribution in [0.3, 0.4) is 0 Å². The fraction of sp³-hybridized carbons (Fsp3) is 0.200. The topological polar surface area (TPSA) is 46.2 Å². The van der Waals surface area contributed by atoms with Crippen LogP contribution < -0.4 is 5.73 Å². The van der Waals surface area contributed by atoms with Crippen LogP contribution in [-0.2, 0) is 6.42 Å². The van der Waals surface area contributed by atoms with Gasteiger partial charge < -0.3 is 10.8 Å². The molecule has 0 spiro atoms. The molecule has 0 heterocycles. The first-order valence-corrected chi connectivity index (χ1v) is 5.89. The molecule has 2 aromatic rings. The molecule has 17 heavy (non-hydrogen) atoms. The summed E-state index contributed by atoms with van der Waals surface area (Å²) in [6.07, 6.45) is 0.403. The molecule has 3 N–H and O–H groups in total. The van der Waals surface area contributed by atoms with E-state index in [-0.39, 0.29) is 6.54 Å². The summed E-state index contributed by atoms with van der Waals surface area (Å²) < 4.78 is 0. The van der Waals surface area contributed by atoms with E-state index in [9.17, 15) is 5.11 Å². The molecule has 0 aliphatic heterocycles. The van der Waals surface area contributed by atoms with E-state index in [4.69, 9.17) is 5.73 Å². The smallest absolute Gasteiger partial charge is 0.0912 e. The highest BCUT2D eigenvalue weighted by Crippen LogP contribution is 2.37. The molecule has 1 atom stereocenters. The molecule has 0 fully saturated rings. The number of aliphatic hydroxyl groups excluding tert-OH is 1. The average molecular weight is 225 g/mol. The maximum Gasteiger partial charge on any atom is 0.0912 e. The van der Waals surface area contributed by atoms with Crippen LogP contribution in [0.1, 0.15) is 22.8 Å². The van der Waals surface area contributed by atoms with E-state index in [1.807, 2.05) is 6.07 Å². The summed E-state index contributed by atoms with van der Waals surface area (Å²) >= 11 is 0. The molecule has 1 aliphatic carbocycles. The normalized spacial score (nSPS) is 14.2. The third-order valence-electron chi connectivity index (χ3n) is 3.43. The van der Waals surface area contributed by atoms with Crippen molar-refractivity contribution in [1.82, 2.24) is 0 Å². The van der Waals surface area contributed by atoms with Gasteiger partial charge in [-0.05, 0) is 34.2 Å². The van der Waals surface area contributed by atoms with Crippen molar-refractivity contribution in [3.8, 4) is 11.1 Å². The minimum absolute atomic E-state index is 0.270. The fourth-order valence-corrected chi connectivity index (χ4v) is 2.51. The van der Waals surface area contributed by atoms with Gasteiger partial charge in [-0.15, -0.1) is 0 Å². The maximum atomic E-state index is 9.75. The molecule has 0 bridgehead atoms. The average Bonchev–Trinajstić information content (AvgIpc) is 2.75. The van der Waals surface area contributed by atoms with Crippen LogP contribution in [0.15, 0.2) is 42.5 Å². The van der Waals surface area contributed by atoms with Gasteiger partial charge in [0.05, 0.1) is 6.10 Å². The Morgan fingerprint density at radius 3 is 2.65 bits per heavy atom. The molecule has 1 aliphatic rings. The molecule has 0 amide bonds. The van der Waals surface area contributed by atoms with Crippen molar-refractivity contribution in [2.75, 3.05) is 6.54 Å². The second kappa shape index (κ2) is 3.99. The lowest BCUT2D eigenvalue weighted by Gasteiger charge is -2.10. The third kappa shape index (κ3) is 1.66. The van der Waals surface area contributed by atoms with Gasteiger partial charge in [-0.3, -0.25) is 0 Å². The van der Waals surface area contributed by atoms with Crippen molar-refractivity contribution >= 4 is 0 Å². The number of hydrogen-bond donors (Lipinski definition) is 2. The first-order valence-electron chi connectivity index (χ1n) is 5.89. The molecule has 0 saturated carbocycles. The highest BCUT2D eigenvalue weighted by molar-refractivity contribution is 5.76. The molecule has 2 heteroatoms. The minimum Gasteiger partial charge on any atom is -0.387 e. The Balaban J connectivity index is 2.07. The van der Waals surface area contributed by atoms with Crippen molar-refractivity contribution in [1.29, 1.82) is 0 Å². The van der Waals surface area contributed by atoms with Gasteiger partial charge >= 0.3 is 0 Å².